The van der Waals surface area contributed by atoms with Crippen molar-refractivity contribution in [2.75, 3.05) is 13.2 Å². The highest BCUT2D eigenvalue weighted by atomic mass is 35.5. The number of benzene rings is 3. The Hall–Kier alpha value is -3.48. The number of ether oxygens (including phenoxy) is 1. The summed E-state index contributed by atoms with van der Waals surface area (Å²) >= 11 is 7.55. The zero-order valence-electron chi connectivity index (χ0n) is 17.4. The number of esters is 1. The number of halogens is 1. The molecule has 5 nitrogen and oxygen atoms in total. The molecular formula is C26H18ClNO4S. The van der Waals surface area contributed by atoms with Crippen molar-refractivity contribution in [1.82, 2.24) is 5.32 Å². The van der Waals surface area contributed by atoms with Gasteiger partial charge in [-0.25, -0.2) is 0 Å². The number of carbonyl (C=O) groups excluding carboxylic acids is 3. The average molecular weight is 476 g/mol. The van der Waals surface area contributed by atoms with Crippen LogP contribution in [0.3, 0.4) is 0 Å². The Balaban J connectivity index is 1.18. The largest absolute Gasteiger partial charge is 0.456 e. The van der Waals surface area contributed by atoms with Gasteiger partial charge in [-0.2, -0.15) is 0 Å². The summed E-state index contributed by atoms with van der Waals surface area (Å²) < 4.78 is 5.98. The molecule has 7 heteroatoms. The number of hydrogen-bond donors (Lipinski definition) is 1. The first-order valence-electron chi connectivity index (χ1n) is 10.4. The third kappa shape index (κ3) is 4.15. The highest BCUT2D eigenvalue weighted by molar-refractivity contribution is 7.21. The molecule has 0 saturated carbocycles. The molecule has 0 unspecified atom stereocenters. The summed E-state index contributed by atoms with van der Waals surface area (Å²) in [6.45, 7) is -0.743. The van der Waals surface area contributed by atoms with Crippen molar-refractivity contribution in [3.8, 4) is 11.1 Å². The van der Waals surface area contributed by atoms with Crippen LogP contribution >= 0.6 is 22.9 Å². The lowest BCUT2D eigenvalue weighted by Gasteiger charge is -2.07. The number of rotatable bonds is 6. The van der Waals surface area contributed by atoms with Gasteiger partial charge in [0.2, 0.25) is 0 Å². The quantitative estimate of drug-likeness (QED) is 0.268. The maximum absolute atomic E-state index is 12.6. The van der Waals surface area contributed by atoms with Crippen LogP contribution in [0.2, 0.25) is 5.02 Å². The number of hydrogen-bond acceptors (Lipinski definition) is 5. The van der Waals surface area contributed by atoms with Crippen molar-refractivity contribution < 1.29 is 19.1 Å². The van der Waals surface area contributed by atoms with Gasteiger partial charge in [0.1, 0.15) is 11.4 Å². The molecule has 33 heavy (non-hydrogen) atoms. The van der Waals surface area contributed by atoms with Gasteiger partial charge in [-0.05, 0) is 40.8 Å². The normalized spacial score (nSPS) is 11.7. The van der Waals surface area contributed by atoms with Crippen molar-refractivity contribution in [1.29, 1.82) is 0 Å². The number of carbonyl (C=O) groups is 3. The van der Waals surface area contributed by atoms with Crippen LogP contribution in [0.4, 0.5) is 0 Å². The minimum Gasteiger partial charge on any atom is -0.456 e. The van der Waals surface area contributed by atoms with Crippen LogP contribution in [0, 0.1) is 0 Å². The van der Waals surface area contributed by atoms with Gasteiger partial charge in [-0.15, -0.1) is 11.3 Å². The van der Waals surface area contributed by atoms with Gasteiger partial charge in [-0.3, -0.25) is 14.4 Å². The lowest BCUT2D eigenvalue weighted by Crippen LogP contribution is -2.31. The zero-order chi connectivity index (χ0) is 22.9. The van der Waals surface area contributed by atoms with Crippen LogP contribution in [0.1, 0.15) is 31.2 Å². The van der Waals surface area contributed by atoms with E-state index in [-0.39, 0.29) is 12.3 Å². The van der Waals surface area contributed by atoms with Gasteiger partial charge in [0.25, 0.3) is 5.91 Å². The lowest BCUT2D eigenvalue weighted by atomic mass is 10.0. The molecule has 0 bridgehead atoms. The van der Waals surface area contributed by atoms with Crippen LogP contribution in [0.5, 0.6) is 0 Å². The fourth-order valence-electron chi connectivity index (χ4n) is 3.97. The molecule has 1 aliphatic carbocycles. The summed E-state index contributed by atoms with van der Waals surface area (Å²) in [7, 11) is 0. The number of Topliss-reactive ketones (excluding diaryl/α,β-unsaturated/α-hetero) is 1. The second kappa shape index (κ2) is 8.81. The molecule has 3 aromatic carbocycles. The summed E-state index contributed by atoms with van der Waals surface area (Å²) in [5, 5.41) is 3.66. The zero-order valence-corrected chi connectivity index (χ0v) is 19.0. The second-order valence-electron chi connectivity index (χ2n) is 7.71. The minimum atomic E-state index is -0.694. The first-order chi connectivity index (χ1) is 16.0. The van der Waals surface area contributed by atoms with Crippen molar-refractivity contribution in [2.24, 2.45) is 0 Å². The van der Waals surface area contributed by atoms with Crippen molar-refractivity contribution in [3.05, 3.63) is 93.3 Å². The third-order valence-electron chi connectivity index (χ3n) is 5.62. The summed E-state index contributed by atoms with van der Waals surface area (Å²) in [6, 6.07) is 21.1. The Bertz CT molecular complexity index is 1430. The number of thiophene rings is 1. The first kappa shape index (κ1) is 21.4. The van der Waals surface area contributed by atoms with E-state index < -0.39 is 18.5 Å². The lowest BCUT2D eigenvalue weighted by molar-refractivity contribution is -0.141. The SMILES string of the molecule is O=C(CNC(=O)c1sc2ccccc2c1Cl)OCC(=O)c1ccc2c(c1)-c1ccccc1C2. The molecule has 0 spiro atoms. The minimum absolute atomic E-state index is 0.297. The van der Waals surface area contributed by atoms with Crippen LogP contribution in [-0.4, -0.2) is 30.8 Å². The van der Waals surface area contributed by atoms with E-state index in [4.69, 9.17) is 16.3 Å². The second-order valence-corrected chi connectivity index (χ2v) is 9.14. The Morgan fingerprint density at radius 3 is 2.55 bits per heavy atom. The number of fused-ring (bicyclic) bond motifs is 4. The molecule has 5 rings (SSSR count). The van der Waals surface area contributed by atoms with E-state index in [0.29, 0.717) is 15.5 Å². The molecule has 0 saturated heterocycles. The highest BCUT2D eigenvalue weighted by Crippen LogP contribution is 2.37. The Morgan fingerprint density at radius 2 is 1.70 bits per heavy atom. The molecule has 0 atom stereocenters. The summed E-state index contributed by atoms with van der Waals surface area (Å²) in [6.07, 6.45) is 0.846. The molecule has 0 radical (unpaired) electrons. The Morgan fingerprint density at radius 1 is 0.939 bits per heavy atom. The topological polar surface area (TPSA) is 72.5 Å². The van der Waals surface area contributed by atoms with E-state index in [0.717, 1.165) is 27.6 Å². The summed E-state index contributed by atoms with van der Waals surface area (Å²) in [5.74, 6) is -1.45. The molecule has 164 valence electrons. The molecule has 0 fully saturated rings. The molecule has 1 N–H and O–H groups in total. The van der Waals surface area contributed by atoms with Gasteiger partial charge in [0.05, 0.1) is 5.02 Å². The summed E-state index contributed by atoms with van der Waals surface area (Å²) in [4.78, 5) is 37.5. The molecule has 4 aromatic rings. The van der Waals surface area contributed by atoms with E-state index in [1.807, 2.05) is 54.6 Å². The van der Waals surface area contributed by atoms with Crippen molar-refractivity contribution >= 4 is 50.7 Å². The predicted octanol–water partition coefficient (Wildman–Crippen LogP) is 5.28. The van der Waals surface area contributed by atoms with Gasteiger partial charge in [-0.1, -0.05) is 66.2 Å². The Labute approximate surface area is 199 Å². The van der Waals surface area contributed by atoms with Gasteiger partial charge >= 0.3 is 5.97 Å². The van der Waals surface area contributed by atoms with Crippen LogP contribution < -0.4 is 5.32 Å². The van der Waals surface area contributed by atoms with Crippen molar-refractivity contribution in [2.45, 2.75) is 6.42 Å². The predicted molar refractivity (Wildman–Crippen MR) is 129 cm³/mol. The Kier molecular flexibility index (Phi) is 5.70. The smallest absolute Gasteiger partial charge is 0.325 e. The van der Waals surface area contributed by atoms with Gasteiger partial charge in [0, 0.05) is 15.6 Å². The maximum Gasteiger partial charge on any atom is 0.325 e. The van der Waals surface area contributed by atoms with Crippen LogP contribution in [0.25, 0.3) is 21.2 Å². The average Bonchev–Trinajstić information content (AvgIpc) is 3.38. The first-order valence-corrected chi connectivity index (χ1v) is 11.6. The van der Waals surface area contributed by atoms with Crippen LogP contribution in [0.15, 0.2) is 66.7 Å². The molecule has 1 aliphatic rings. The number of amides is 1. The molecule has 1 amide bonds. The van der Waals surface area contributed by atoms with E-state index in [2.05, 4.69) is 11.4 Å². The molecular weight excluding hydrogens is 458 g/mol. The molecule has 1 heterocycles. The third-order valence-corrected chi connectivity index (χ3v) is 7.29. The van der Waals surface area contributed by atoms with E-state index in [9.17, 15) is 14.4 Å². The molecule has 1 aromatic heterocycles. The standard InChI is InChI=1S/C26H18ClNO4S/c27-24-19-7-3-4-8-22(19)33-25(24)26(31)28-13-23(30)32-14-21(29)17-10-9-16-11-15-5-1-2-6-18(15)20(16)12-17/h1-10,12H,11,13-14H2,(H,28,31). The number of nitrogens with one attached hydrogen (secondary N) is 1. The van der Waals surface area contributed by atoms with Crippen molar-refractivity contribution in [3.63, 3.8) is 0 Å². The van der Waals surface area contributed by atoms with E-state index in [1.165, 1.54) is 22.5 Å². The van der Waals surface area contributed by atoms with Gasteiger partial charge < -0.3 is 10.1 Å². The fraction of sp³-hybridized carbons (Fsp3) is 0.115. The summed E-state index contributed by atoms with van der Waals surface area (Å²) in [5.41, 5.74) is 5.06. The monoisotopic (exact) mass is 475 g/mol. The fourth-order valence-corrected chi connectivity index (χ4v) is 5.40. The number of ketones is 1. The van der Waals surface area contributed by atoms with E-state index in [1.54, 1.807) is 6.07 Å². The molecule has 0 aliphatic heterocycles. The van der Waals surface area contributed by atoms with E-state index >= 15 is 0 Å². The van der Waals surface area contributed by atoms with Crippen LogP contribution in [-0.2, 0) is 16.0 Å². The highest BCUT2D eigenvalue weighted by Gasteiger charge is 2.21. The van der Waals surface area contributed by atoms with Gasteiger partial charge in [0.15, 0.2) is 12.4 Å². The maximum atomic E-state index is 12.6.